The number of benzene rings is 1. The zero-order valence-electron chi connectivity index (χ0n) is 11.0. The second-order valence-electron chi connectivity index (χ2n) is 5.53. The van der Waals surface area contributed by atoms with E-state index >= 15 is 0 Å². The quantitative estimate of drug-likeness (QED) is 0.834. The highest BCUT2D eigenvalue weighted by Crippen LogP contribution is 2.38. The number of rotatable bonds is 2. The minimum atomic E-state index is -0.490. The van der Waals surface area contributed by atoms with Gasteiger partial charge >= 0.3 is 5.97 Å². The number of carbonyl (C=O) groups excluding carboxylic acids is 1. The van der Waals surface area contributed by atoms with Crippen molar-refractivity contribution in [2.24, 2.45) is 0 Å². The van der Waals surface area contributed by atoms with E-state index in [4.69, 9.17) is 0 Å². The molecule has 0 aromatic heterocycles. The number of nitrogens with one attached hydrogen (secondary N) is 1. The number of fused-ring (bicyclic) bond motifs is 2. The first kappa shape index (κ1) is 12.6. The molecule has 0 radical (unpaired) electrons. The van der Waals surface area contributed by atoms with E-state index in [1.54, 1.807) is 12.1 Å². The Morgan fingerprint density at radius 1 is 1.32 bits per heavy atom. The molecule has 2 aliphatic rings. The summed E-state index contributed by atoms with van der Waals surface area (Å²) < 4.78 is 18.8. The van der Waals surface area contributed by atoms with Crippen LogP contribution >= 0.6 is 0 Å². The summed E-state index contributed by atoms with van der Waals surface area (Å²) in [5.41, 5.74) is 1.02. The number of hydrogen-bond acceptors (Lipinski definition) is 3. The molecule has 2 bridgehead atoms. The molecule has 0 saturated carbocycles. The SMILES string of the molecule is COC(=O)c1ccc(C2CC3CCC(C2)N3)c(F)c1. The highest BCUT2D eigenvalue weighted by atomic mass is 19.1. The van der Waals surface area contributed by atoms with Crippen molar-refractivity contribution in [2.75, 3.05) is 7.11 Å². The average Bonchev–Trinajstić information content (AvgIpc) is 2.76. The fraction of sp³-hybridized carbons (Fsp3) is 0.533. The molecule has 2 saturated heterocycles. The van der Waals surface area contributed by atoms with Gasteiger partial charge in [0.2, 0.25) is 0 Å². The summed E-state index contributed by atoms with van der Waals surface area (Å²) in [6.45, 7) is 0. The van der Waals surface area contributed by atoms with E-state index in [0.717, 1.165) is 18.4 Å². The molecule has 1 aromatic carbocycles. The zero-order valence-corrected chi connectivity index (χ0v) is 11.0. The van der Waals surface area contributed by atoms with Gasteiger partial charge < -0.3 is 10.1 Å². The summed E-state index contributed by atoms with van der Waals surface area (Å²) in [6, 6.07) is 5.77. The molecule has 2 fully saturated rings. The molecule has 3 rings (SSSR count). The Morgan fingerprint density at radius 2 is 2.00 bits per heavy atom. The predicted octanol–water partition coefficient (Wildman–Crippen LogP) is 2.61. The Hall–Kier alpha value is -1.42. The molecule has 102 valence electrons. The van der Waals surface area contributed by atoms with Crippen LogP contribution in [0.2, 0.25) is 0 Å². The molecule has 0 spiro atoms. The maximum atomic E-state index is 14.2. The summed E-state index contributed by atoms with van der Waals surface area (Å²) in [4.78, 5) is 11.4. The van der Waals surface area contributed by atoms with Crippen molar-refractivity contribution in [3.05, 3.63) is 35.1 Å². The van der Waals surface area contributed by atoms with Gasteiger partial charge in [-0.1, -0.05) is 6.07 Å². The van der Waals surface area contributed by atoms with Crippen LogP contribution in [-0.4, -0.2) is 25.2 Å². The number of carbonyl (C=O) groups is 1. The number of esters is 1. The highest BCUT2D eigenvalue weighted by Gasteiger charge is 2.35. The van der Waals surface area contributed by atoms with Crippen molar-refractivity contribution < 1.29 is 13.9 Å². The Labute approximate surface area is 112 Å². The third-order valence-electron chi connectivity index (χ3n) is 4.33. The lowest BCUT2D eigenvalue weighted by Gasteiger charge is -2.29. The standard InChI is InChI=1S/C15H18FNO2/c1-19-15(18)9-2-5-13(14(16)8-9)10-6-11-3-4-12(7-10)17-11/h2,5,8,10-12,17H,3-4,6-7H2,1H3. The summed E-state index contributed by atoms with van der Waals surface area (Å²) in [7, 11) is 1.30. The van der Waals surface area contributed by atoms with Crippen molar-refractivity contribution in [3.63, 3.8) is 0 Å². The monoisotopic (exact) mass is 263 g/mol. The molecule has 0 aliphatic carbocycles. The van der Waals surface area contributed by atoms with Crippen LogP contribution in [-0.2, 0) is 4.74 Å². The molecule has 1 N–H and O–H groups in total. The third-order valence-corrected chi connectivity index (χ3v) is 4.33. The molecule has 3 nitrogen and oxygen atoms in total. The van der Waals surface area contributed by atoms with Crippen LogP contribution < -0.4 is 5.32 Å². The predicted molar refractivity (Wildman–Crippen MR) is 69.7 cm³/mol. The van der Waals surface area contributed by atoms with Gasteiger partial charge in [-0.2, -0.15) is 0 Å². The van der Waals surface area contributed by atoms with Crippen molar-refractivity contribution >= 4 is 5.97 Å². The van der Waals surface area contributed by atoms with E-state index in [9.17, 15) is 9.18 Å². The molecule has 2 unspecified atom stereocenters. The minimum absolute atomic E-state index is 0.269. The van der Waals surface area contributed by atoms with Crippen molar-refractivity contribution in [1.29, 1.82) is 0 Å². The van der Waals surface area contributed by atoms with Gasteiger partial charge in [-0.3, -0.25) is 0 Å². The summed E-state index contributed by atoms with van der Waals surface area (Å²) >= 11 is 0. The van der Waals surface area contributed by atoms with Gasteiger partial charge in [-0.15, -0.1) is 0 Å². The van der Waals surface area contributed by atoms with Gasteiger partial charge in [-0.25, -0.2) is 9.18 Å². The van der Waals surface area contributed by atoms with Gasteiger partial charge in [0.1, 0.15) is 5.82 Å². The van der Waals surface area contributed by atoms with Crippen LogP contribution in [0, 0.1) is 5.82 Å². The van der Waals surface area contributed by atoms with Crippen molar-refractivity contribution in [2.45, 2.75) is 43.7 Å². The second kappa shape index (κ2) is 4.93. The molecule has 2 atom stereocenters. The summed E-state index contributed by atoms with van der Waals surface area (Å²) in [5.74, 6) is -0.504. The maximum absolute atomic E-state index is 14.2. The lowest BCUT2D eigenvalue weighted by Crippen LogP contribution is -2.37. The molecule has 2 aliphatic heterocycles. The Kier molecular flexibility index (Phi) is 3.27. The largest absolute Gasteiger partial charge is 0.465 e. The van der Waals surface area contributed by atoms with Crippen LogP contribution in [0.3, 0.4) is 0 Å². The van der Waals surface area contributed by atoms with Crippen LogP contribution in [0.5, 0.6) is 0 Å². The topological polar surface area (TPSA) is 38.3 Å². The zero-order chi connectivity index (χ0) is 13.4. The molecule has 1 aromatic rings. The van der Waals surface area contributed by atoms with Gasteiger partial charge in [0.15, 0.2) is 0 Å². The molecule has 0 amide bonds. The number of hydrogen-bond donors (Lipinski definition) is 1. The smallest absolute Gasteiger partial charge is 0.337 e. The second-order valence-corrected chi connectivity index (χ2v) is 5.53. The van der Waals surface area contributed by atoms with Crippen LogP contribution in [0.1, 0.15) is 47.5 Å². The average molecular weight is 263 g/mol. The first-order valence-electron chi connectivity index (χ1n) is 6.81. The lowest BCUT2D eigenvalue weighted by molar-refractivity contribution is 0.0600. The number of ether oxygens (including phenoxy) is 1. The van der Waals surface area contributed by atoms with Crippen molar-refractivity contribution in [3.8, 4) is 0 Å². The first-order chi connectivity index (χ1) is 9.17. The maximum Gasteiger partial charge on any atom is 0.337 e. The molecule has 4 heteroatoms. The molecule has 2 heterocycles. The fourth-order valence-electron chi connectivity index (χ4n) is 3.41. The molecule has 19 heavy (non-hydrogen) atoms. The van der Waals surface area contributed by atoms with E-state index < -0.39 is 5.97 Å². The van der Waals surface area contributed by atoms with Gasteiger partial charge in [-0.05, 0) is 49.3 Å². The van der Waals surface area contributed by atoms with Gasteiger partial charge in [0.25, 0.3) is 0 Å². The number of piperidine rings is 1. The van der Waals surface area contributed by atoms with Gasteiger partial charge in [0, 0.05) is 12.1 Å². The highest BCUT2D eigenvalue weighted by molar-refractivity contribution is 5.89. The van der Waals surface area contributed by atoms with Crippen LogP contribution in [0.4, 0.5) is 4.39 Å². The van der Waals surface area contributed by atoms with E-state index in [0.29, 0.717) is 12.1 Å². The fourth-order valence-corrected chi connectivity index (χ4v) is 3.41. The molecular formula is C15H18FNO2. The van der Waals surface area contributed by atoms with E-state index in [-0.39, 0.29) is 17.3 Å². The number of halogens is 1. The lowest BCUT2D eigenvalue weighted by atomic mass is 9.85. The summed E-state index contributed by atoms with van der Waals surface area (Å²) in [5, 5.41) is 3.55. The van der Waals surface area contributed by atoms with Crippen LogP contribution in [0.15, 0.2) is 18.2 Å². The van der Waals surface area contributed by atoms with E-state index in [1.807, 2.05) is 0 Å². The molecular weight excluding hydrogens is 245 g/mol. The van der Waals surface area contributed by atoms with Crippen molar-refractivity contribution in [1.82, 2.24) is 5.32 Å². The summed E-state index contributed by atoms with van der Waals surface area (Å²) in [6.07, 6.45) is 4.38. The third kappa shape index (κ3) is 2.37. The minimum Gasteiger partial charge on any atom is -0.465 e. The number of methoxy groups -OCH3 is 1. The van der Waals surface area contributed by atoms with Crippen LogP contribution in [0.25, 0.3) is 0 Å². The Bertz CT molecular complexity index is 491. The van der Waals surface area contributed by atoms with E-state index in [1.165, 1.54) is 26.0 Å². The normalized spacial score (nSPS) is 29.3. The first-order valence-corrected chi connectivity index (χ1v) is 6.81. The van der Waals surface area contributed by atoms with E-state index in [2.05, 4.69) is 10.1 Å². The Balaban J connectivity index is 1.83. The Morgan fingerprint density at radius 3 is 2.58 bits per heavy atom. The van der Waals surface area contributed by atoms with Gasteiger partial charge in [0.05, 0.1) is 12.7 Å².